The van der Waals surface area contributed by atoms with E-state index in [-0.39, 0.29) is 0 Å². The molecule has 0 radical (unpaired) electrons. The summed E-state index contributed by atoms with van der Waals surface area (Å²) in [5.74, 6) is 6.60. The number of anilines is 1. The average Bonchev–Trinajstić information content (AvgIpc) is 2.40. The zero-order valence-electron chi connectivity index (χ0n) is 9.36. The van der Waals surface area contributed by atoms with Crippen LogP contribution in [0.3, 0.4) is 0 Å². The van der Waals surface area contributed by atoms with Crippen LogP contribution in [-0.4, -0.2) is 4.98 Å². The first-order valence-electron chi connectivity index (χ1n) is 5.19. The second-order valence-electron chi connectivity index (χ2n) is 3.51. The topological polar surface area (TPSA) is 50.9 Å². The van der Waals surface area contributed by atoms with E-state index in [1.807, 2.05) is 24.3 Å². The van der Waals surface area contributed by atoms with Crippen LogP contribution in [0.15, 0.2) is 41.3 Å². The number of nitrogens with zero attached hydrogens (tertiary/aromatic N) is 1. The van der Waals surface area contributed by atoms with Gasteiger partial charge in [-0.05, 0) is 36.4 Å². The highest BCUT2D eigenvalue weighted by atomic mass is 35.5. The van der Waals surface area contributed by atoms with E-state index in [1.165, 1.54) is 0 Å². The number of thioether (sulfide) groups is 1. The van der Waals surface area contributed by atoms with Crippen LogP contribution < -0.4 is 11.3 Å². The largest absolute Gasteiger partial charge is 0.308 e. The van der Waals surface area contributed by atoms with E-state index in [4.69, 9.17) is 29.0 Å². The second kappa shape index (κ2) is 6.29. The Balaban J connectivity index is 2.07. The van der Waals surface area contributed by atoms with Gasteiger partial charge >= 0.3 is 0 Å². The molecule has 3 N–H and O–H groups in total. The number of nitrogen functional groups attached to an aromatic ring is 1. The Morgan fingerprint density at radius 2 is 1.83 bits per heavy atom. The molecule has 0 bridgehead atoms. The van der Waals surface area contributed by atoms with Crippen LogP contribution in [0.4, 0.5) is 5.82 Å². The van der Waals surface area contributed by atoms with Crippen LogP contribution in [0.25, 0.3) is 0 Å². The second-order valence-corrected chi connectivity index (χ2v) is 5.40. The molecule has 94 valence electrons. The van der Waals surface area contributed by atoms with Gasteiger partial charge in [-0.1, -0.05) is 23.2 Å². The van der Waals surface area contributed by atoms with Gasteiger partial charge in [0, 0.05) is 15.7 Å². The highest BCUT2D eigenvalue weighted by molar-refractivity contribution is 7.98. The predicted octanol–water partition coefficient (Wildman–Crippen LogP) is 3.97. The van der Waals surface area contributed by atoms with E-state index in [0.29, 0.717) is 16.6 Å². The third-order valence-corrected chi connectivity index (χ3v) is 3.88. The fourth-order valence-corrected chi connectivity index (χ4v) is 2.58. The summed E-state index contributed by atoms with van der Waals surface area (Å²) in [6.07, 6.45) is 0. The number of halogens is 2. The molecule has 1 heterocycles. The fraction of sp³-hybridized carbons (Fsp3) is 0.0833. The Labute approximate surface area is 120 Å². The van der Waals surface area contributed by atoms with Crippen molar-refractivity contribution in [3.63, 3.8) is 0 Å². The Morgan fingerprint density at radius 3 is 2.50 bits per heavy atom. The summed E-state index contributed by atoms with van der Waals surface area (Å²) in [5.41, 5.74) is 3.30. The van der Waals surface area contributed by atoms with Crippen molar-refractivity contribution >= 4 is 40.8 Å². The molecular weight excluding hydrogens is 289 g/mol. The standard InChI is InChI=1S/C12H11Cl2N3S/c13-8-1-3-9(4-2-8)18-7-11-10(14)5-6-12(16-11)17-15/h1-6H,7,15H2,(H,16,17). The first-order valence-corrected chi connectivity index (χ1v) is 6.93. The van der Waals surface area contributed by atoms with Crippen LogP contribution in [0, 0.1) is 0 Å². The molecule has 18 heavy (non-hydrogen) atoms. The van der Waals surface area contributed by atoms with E-state index in [0.717, 1.165) is 15.6 Å². The first-order chi connectivity index (χ1) is 8.69. The normalized spacial score (nSPS) is 10.4. The molecule has 0 amide bonds. The number of hydrogen-bond donors (Lipinski definition) is 2. The van der Waals surface area contributed by atoms with E-state index >= 15 is 0 Å². The number of aromatic nitrogens is 1. The molecule has 0 unspecified atom stereocenters. The maximum Gasteiger partial charge on any atom is 0.140 e. The number of pyridine rings is 1. The van der Waals surface area contributed by atoms with Crippen molar-refractivity contribution in [1.82, 2.24) is 4.98 Å². The molecule has 2 aromatic rings. The van der Waals surface area contributed by atoms with Gasteiger partial charge in [0.1, 0.15) is 5.82 Å². The molecule has 0 aliphatic rings. The molecule has 0 saturated carbocycles. The van der Waals surface area contributed by atoms with Crippen molar-refractivity contribution in [2.24, 2.45) is 5.84 Å². The molecule has 1 aromatic heterocycles. The third-order valence-electron chi connectivity index (χ3n) is 2.26. The Hall–Kier alpha value is -0.940. The van der Waals surface area contributed by atoms with Gasteiger partial charge in [-0.15, -0.1) is 11.8 Å². The molecule has 0 fully saturated rings. The van der Waals surface area contributed by atoms with Gasteiger partial charge in [0.05, 0.1) is 10.7 Å². The first kappa shape index (κ1) is 13.5. The van der Waals surface area contributed by atoms with Gasteiger partial charge in [-0.3, -0.25) is 0 Å². The van der Waals surface area contributed by atoms with Crippen LogP contribution in [0.5, 0.6) is 0 Å². The van der Waals surface area contributed by atoms with Crippen LogP contribution >= 0.6 is 35.0 Å². The fourth-order valence-electron chi connectivity index (χ4n) is 1.35. The Bertz CT molecular complexity index is 531. The van der Waals surface area contributed by atoms with Gasteiger partial charge in [-0.2, -0.15) is 0 Å². The number of rotatable bonds is 4. The minimum Gasteiger partial charge on any atom is -0.308 e. The quantitative estimate of drug-likeness (QED) is 0.510. The summed E-state index contributed by atoms with van der Waals surface area (Å²) >= 11 is 13.5. The lowest BCUT2D eigenvalue weighted by Crippen LogP contribution is -2.09. The summed E-state index contributed by atoms with van der Waals surface area (Å²) in [6, 6.07) is 11.2. The number of nitrogens with two attached hydrogens (primary N) is 1. The molecule has 0 aliphatic carbocycles. The maximum atomic E-state index is 6.08. The lowest BCUT2D eigenvalue weighted by atomic mass is 10.4. The molecule has 3 nitrogen and oxygen atoms in total. The van der Waals surface area contributed by atoms with Gasteiger partial charge < -0.3 is 5.43 Å². The zero-order chi connectivity index (χ0) is 13.0. The van der Waals surface area contributed by atoms with Crippen molar-refractivity contribution in [1.29, 1.82) is 0 Å². The van der Waals surface area contributed by atoms with Crippen LogP contribution in [-0.2, 0) is 5.75 Å². The summed E-state index contributed by atoms with van der Waals surface area (Å²) in [7, 11) is 0. The Morgan fingerprint density at radius 1 is 1.11 bits per heavy atom. The highest BCUT2D eigenvalue weighted by Crippen LogP contribution is 2.27. The van der Waals surface area contributed by atoms with E-state index in [1.54, 1.807) is 23.9 Å². The van der Waals surface area contributed by atoms with Crippen molar-refractivity contribution < 1.29 is 0 Å². The zero-order valence-corrected chi connectivity index (χ0v) is 11.7. The molecule has 0 atom stereocenters. The molecule has 0 saturated heterocycles. The Kier molecular flexibility index (Phi) is 4.72. The number of nitrogens with one attached hydrogen (secondary N) is 1. The molecule has 2 rings (SSSR count). The summed E-state index contributed by atoms with van der Waals surface area (Å²) in [4.78, 5) is 5.42. The lowest BCUT2D eigenvalue weighted by Gasteiger charge is -2.06. The minimum atomic E-state index is 0.603. The summed E-state index contributed by atoms with van der Waals surface area (Å²) in [5, 5.41) is 1.36. The van der Waals surface area contributed by atoms with E-state index in [9.17, 15) is 0 Å². The average molecular weight is 300 g/mol. The summed E-state index contributed by atoms with van der Waals surface area (Å²) < 4.78 is 0. The monoisotopic (exact) mass is 299 g/mol. The van der Waals surface area contributed by atoms with E-state index < -0.39 is 0 Å². The minimum absolute atomic E-state index is 0.603. The van der Waals surface area contributed by atoms with Gasteiger partial charge in [0.2, 0.25) is 0 Å². The molecule has 6 heteroatoms. The van der Waals surface area contributed by atoms with Crippen molar-refractivity contribution in [2.75, 3.05) is 5.43 Å². The van der Waals surface area contributed by atoms with E-state index in [2.05, 4.69) is 10.4 Å². The molecule has 0 spiro atoms. The molecule has 0 aliphatic heterocycles. The highest BCUT2D eigenvalue weighted by Gasteiger charge is 2.04. The van der Waals surface area contributed by atoms with Gasteiger partial charge in [-0.25, -0.2) is 10.8 Å². The summed E-state index contributed by atoms with van der Waals surface area (Å²) in [6.45, 7) is 0. The number of benzene rings is 1. The van der Waals surface area contributed by atoms with Crippen LogP contribution in [0.1, 0.15) is 5.69 Å². The SMILES string of the molecule is NNc1ccc(Cl)c(CSc2ccc(Cl)cc2)n1. The van der Waals surface area contributed by atoms with Crippen molar-refractivity contribution in [3.05, 3.63) is 52.1 Å². The predicted molar refractivity (Wildman–Crippen MR) is 78.1 cm³/mol. The molecule has 1 aromatic carbocycles. The number of hydrogen-bond acceptors (Lipinski definition) is 4. The molecular formula is C12H11Cl2N3S. The van der Waals surface area contributed by atoms with Gasteiger partial charge in [0.25, 0.3) is 0 Å². The third kappa shape index (κ3) is 3.53. The van der Waals surface area contributed by atoms with Crippen molar-refractivity contribution in [3.8, 4) is 0 Å². The number of hydrazine groups is 1. The smallest absolute Gasteiger partial charge is 0.140 e. The van der Waals surface area contributed by atoms with Gasteiger partial charge in [0.15, 0.2) is 0 Å². The van der Waals surface area contributed by atoms with Crippen molar-refractivity contribution in [2.45, 2.75) is 10.6 Å². The lowest BCUT2D eigenvalue weighted by molar-refractivity contribution is 1.14. The maximum absolute atomic E-state index is 6.08. The van der Waals surface area contributed by atoms with Crippen LogP contribution in [0.2, 0.25) is 10.0 Å².